The Morgan fingerprint density at radius 3 is 2.25 bits per heavy atom. The van der Waals surface area contributed by atoms with E-state index in [4.69, 9.17) is 0 Å². The minimum atomic E-state index is -0.0740. The van der Waals surface area contributed by atoms with Crippen LogP contribution in [0.4, 0.5) is 5.69 Å². The third-order valence-electron chi connectivity index (χ3n) is 2.63. The lowest BCUT2D eigenvalue weighted by Gasteiger charge is -2.09. The quantitative estimate of drug-likeness (QED) is 0.805. The van der Waals surface area contributed by atoms with Gasteiger partial charge in [0.2, 0.25) is 0 Å². The van der Waals surface area contributed by atoms with Crippen LogP contribution in [0.15, 0.2) is 36.4 Å². The SMILES string of the molecule is CNC(=O)c1cc2ccccc2cc1NC. The monoisotopic (exact) mass is 214 g/mol. The zero-order chi connectivity index (χ0) is 11.5. The molecule has 0 aliphatic heterocycles. The molecule has 2 rings (SSSR count). The molecule has 0 fully saturated rings. The zero-order valence-corrected chi connectivity index (χ0v) is 9.37. The van der Waals surface area contributed by atoms with Crippen molar-refractivity contribution in [3.05, 3.63) is 42.0 Å². The maximum atomic E-state index is 11.7. The van der Waals surface area contributed by atoms with E-state index in [2.05, 4.69) is 10.6 Å². The molecule has 16 heavy (non-hydrogen) atoms. The van der Waals surface area contributed by atoms with E-state index in [9.17, 15) is 4.79 Å². The molecule has 0 aromatic heterocycles. The molecule has 3 heteroatoms. The third-order valence-corrected chi connectivity index (χ3v) is 2.63. The first-order valence-electron chi connectivity index (χ1n) is 5.19. The predicted molar refractivity (Wildman–Crippen MR) is 66.9 cm³/mol. The lowest BCUT2D eigenvalue weighted by molar-refractivity contribution is 0.0964. The Hall–Kier alpha value is -2.03. The molecule has 0 aliphatic carbocycles. The van der Waals surface area contributed by atoms with Crippen LogP contribution in [0.2, 0.25) is 0 Å². The van der Waals surface area contributed by atoms with Crippen molar-refractivity contribution in [2.75, 3.05) is 19.4 Å². The molecule has 0 bridgehead atoms. The van der Waals surface area contributed by atoms with Gasteiger partial charge in [-0.1, -0.05) is 24.3 Å². The standard InChI is InChI=1S/C13H14N2O/c1-14-12-8-10-6-4-3-5-9(10)7-11(12)13(16)15-2/h3-8,14H,1-2H3,(H,15,16). The number of anilines is 1. The normalized spacial score (nSPS) is 10.1. The average Bonchev–Trinajstić information content (AvgIpc) is 2.36. The average molecular weight is 214 g/mol. The molecule has 82 valence electrons. The highest BCUT2D eigenvalue weighted by atomic mass is 16.1. The summed E-state index contributed by atoms with van der Waals surface area (Å²) in [5.41, 5.74) is 1.52. The molecule has 0 spiro atoms. The molecule has 1 amide bonds. The van der Waals surface area contributed by atoms with Crippen molar-refractivity contribution in [2.45, 2.75) is 0 Å². The van der Waals surface area contributed by atoms with Gasteiger partial charge in [-0.2, -0.15) is 0 Å². The van der Waals surface area contributed by atoms with Crippen molar-refractivity contribution >= 4 is 22.4 Å². The Labute approximate surface area is 94.5 Å². The van der Waals surface area contributed by atoms with Crippen molar-refractivity contribution in [1.29, 1.82) is 0 Å². The molecule has 2 aromatic rings. The lowest BCUT2D eigenvalue weighted by Crippen LogP contribution is -2.19. The van der Waals surface area contributed by atoms with Gasteiger partial charge >= 0.3 is 0 Å². The molecule has 0 aliphatic rings. The molecule has 0 saturated carbocycles. The van der Waals surface area contributed by atoms with Crippen LogP contribution in [-0.2, 0) is 0 Å². The lowest BCUT2D eigenvalue weighted by atomic mass is 10.0. The van der Waals surface area contributed by atoms with Gasteiger partial charge in [0.1, 0.15) is 0 Å². The van der Waals surface area contributed by atoms with Gasteiger partial charge < -0.3 is 10.6 Å². The molecule has 2 aromatic carbocycles. The van der Waals surface area contributed by atoms with Gasteiger partial charge in [0, 0.05) is 19.8 Å². The Kier molecular flexibility index (Phi) is 2.77. The summed E-state index contributed by atoms with van der Waals surface area (Å²) < 4.78 is 0. The van der Waals surface area contributed by atoms with Gasteiger partial charge in [0.05, 0.1) is 5.56 Å². The largest absolute Gasteiger partial charge is 0.387 e. The Morgan fingerprint density at radius 1 is 1.06 bits per heavy atom. The first-order chi connectivity index (χ1) is 7.76. The fourth-order valence-corrected chi connectivity index (χ4v) is 1.77. The number of carbonyl (C=O) groups excluding carboxylic acids is 1. The minimum Gasteiger partial charge on any atom is -0.387 e. The second-order valence-electron chi connectivity index (χ2n) is 3.57. The number of hydrogen-bond donors (Lipinski definition) is 2. The molecular weight excluding hydrogens is 200 g/mol. The van der Waals surface area contributed by atoms with Gasteiger partial charge in [-0.3, -0.25) is 4.79 Å². The van der Waals surface area contributed by atoms with Crippen LogP contribution in [0, 0.1) is 0 Å². The van der Waals surface area contributed by atoms with Crippen molar-refractivity contribution in [1.82, 2.24) is 5.32 Å². The zero-order valence-electron chi connectivity index (χ0n) is 9.37. The minimum absolute atomic E-state index is 0.0740. The van der Waals surface area contributed by atoms with Gasteiger partial charge in [0.15, 0.2) is 0 Å². The summed E-state index contributed by atoms with van der Waals surface area (Å²) in [4.78, 5) is 11.7. The molecule has 2 N–H and O–H groups in total. The van der Waals surface area contributed by atoms with Crippen molar-refractivity contribution in [2.24, 2.45) is 0 Å². The van der Waals surface area contributed by atoms with Crippen LogP contribution < -0.4 is 10.6 Å². The molecule has 0 atom stereocenters. The highest BCUT2D eigenvalue weighted by Gasteiger charge is 2.09. The van der Waals surface area contributed by atoms with Gasteiger partial charge in [-0.05, 0) is 22.9 Å². The number of benzene rings is 2. The van der Waals surface area contributed by atoms with Crippen LogP contribution in [0.3, 0.4) is 0 Å². The van der Waals surface area contributed by atoms with Crippen LogP contribution in [-0.4, -0.2) is 20.0 Å². The molecule has 0 radical (unpaired) electrons. The molecule has 0 saturated heterocycles. The first kappa shape index (κ1) is 10.5. The predicted octanol–water partition coefficient (Wildman–Crippen LogP) is 2.24. The summed E-state index contributed by atoms with van der Waals surface area (Å²) in [7, 11) is 3.45. The maximum Gasteiger partial charge on any atom is 0.253 e. The van der Waals surface area contributed by atoms with E-state index >= 15 is 0 Å². The van der Waals surface area contributed by atoms with Crippen LogP contribution >= 0.6 is 0 Å². The van der Waals surface area contributed by atoms with E-state index in [1.54, 1.807) is 7.05 Å². The molecule has 3 nitrogen and oxygen atoms in total. The van der Waals surface area contributed by atoms with Crippen molar-refractivity contribution in [3.63, 3.8) is 0 Å². The van der Waals surface area contributed by atoms with Gasteiger partial charge in [-0.25, -0.2) is 0 Å². The third kappa shape index (κ3) is 1.72. The van der Waals surface area contributed by atoms with Crippen molar-refractivity contribution < 1.29 is 4.79 Å². The molecular formula is C13H14N2O. The number of nitrogens with one attached hydrogen (secondary N) is 2. The van der Waals surface area contributed by atoms with E-state index in [-0.39, 0.29) is 5.91 Å². The van der Waals surface area contributed by atoms with E-state index in [0.29, 0.717) is 5.56 Å². The fourth-order valence-electron chi connectivity index (χ4n) is 1.77. The summed E-state index contributed by atoms with van der Waals surface area (Å²) in [6, 6.07) is 11.9. The van der Waals surface area contributed by atoms with E-state index in [1.165, 1.54) is 0 Å². The number of carbonyl (C=O) groups is 1. The first-order valence-corrected chi connectivity index (χ1v) is 5.19. The second-order valence-corrected chi connectivity index (χ2v) is 3.57. The second kappa shape index (κ2) is 4.23. The van der Waals surface area contributed by atoms with E-state index in [1.807, 2.05) is 43.4 Å². The smallest absolute Gasteiger partial charge is 0.253 e. The Bertz CT molecular complexity index is 534. The van der Waals surface area contributed by atoms with E-state index < -0.39 is 0 Å². The summed E-state index contributed by atoms with van der Waals surface area (Å²) in [6.45, 7) is 0. The van der Waals surface area contributed by atoms with E-state index in [0.717, 1.165) is 16.5 Å². The van der Waals surface area contributed by atoms with Crippen LogP contribution in [0.1, 0.15) is 10.4 Å². The van der Waals surface area contributed by atoms with Crippen LogP contribution in [0.5, 0.6) is 0 Å². The van der Waals surface area contributed by atoms with Crippen molar-refractivity contribution in [3.8, 4) is 0 Å². The topological polar surface area (TPSA) is 41.1 Å². The number of rotatable bonds is 2. The molecule has 0 unspecified atom stereocenters. The summed E-state index contributed by atoms with van der Waals surface area (Å²) in [5.74, 6) is -0.0740. The fraction of sp³-hybridized carbons (Fsp3) is 0.154. The Morgan fingerprint density at radius 2 is 1.69 bits per heavy atom. The summed E-state index contributed by atoms with van der Waals surface area (Å²) in [5, 5.41) is 7.88. The summed E-state index contributed by atoms with van der Waals surface area (Å²) >= 11 is 0. The Balaban J connectivity index is 2.67. The maximum absolute atomic E-state index is 11.7. The highest BCUT2D eigenvalue weighted by Crippen LogP contribution is 2.23. The number of fused-ring (bicyclic) bond motifs is 1. The summed E-state index contributed by atoms with van der Waals surface area (Å²) in [6.07, 6.45) is 0. The number of amides is 1. The van der Waals surface area contributed by atoms with Gasteiger partial charge in [-0.15, -0.1) is 0 Å². The number of hydrogen-bond acceptors (Lipinski definition) is 2. The van der Waals surface area contributed by atoms with Gasteiger partial charge in [0.25, 0.3) is 5.91 Å². The van der Waals surface area contributed by atoms with Crippen LogP contribution in [0.25, 0.3) is 10.8 Å². The molecule has 0 heterocycles. The highest BCUT2D eigenvalue weighted by molar-refractivity contribution is 6.04.